The number of aliphatic hydroxyl groups excluding tert-OH is 1. The number of hydrogen-bond donors (Lipinski definition) is 1. The Morgan fingerprint density at radius 3 is 2.57 bits per heavy atom. The van der Waals surface area contributed by atoms with Crippen LogP contribution in [-0.2, 0) is 6.42 Å². The van der Waals surface area contributed by atoms with Crippen molar-refractivity contribution in [2.75, 3.05) is 38.2 Å². The first-order chi connectivity index (χ1) is 13.7. The van der Waals surface area contributed by atoms with Crippen LogP contribution >= 0.6 is 0 Å². The van der Waals surface area contributed by atoms with Crippen LogP contribution in [0.1, 0.15) is 41.6 Å². The summed E-state index contributed by atoms with van der Waals surface area (Å²) in [5.74, 6) is 1.60. The molecule has 0 spiro atoms. The van der Waals surface area contributed by atoms with E-state index in [2.05, 4.69) is 35.3 Å². The molecule has 0 atom stereocenters. The van der Waals surface area contributed by atoms with Crippen LogP contribution in [-0.4, -0.2) is 54.2 Å². The summed E-state index contributed by atoms with van der Waals surface area (Å²) in [6, 6.07) is 14.4. The zero-order valence-electron chi connectivity index (χ0n) is 16.8. The highest BCUT2D eigenvalue weighted by Gasteiger charge is 2.23. The van der Waals surface area contributed by atoms with Crippen LogP contribution in [0.15, 0.2) is 48.7 Å². The van der Waals surface area contributed by atoms with E-state index in [-0.39, 0.29) is 12.5 Å². The lowest BCUT2D eigenvalue weighted by Crippen LogP contribution is -2.38. The van der Waals surface area contributed by atoms with Crippen molar-refractivity contribution in [3.05, 3.63) is 59.8 Å². The number of anilines is 1. The van der Waals surface area contributed by atoms with Crippen molar-refractivity contribution in [3.63, 3.8) is 0 Å². The molecule has 0 saturated carbocycles. The second-order valence-corrected chi connectivity index (χ2v) is 7.66. The van der Waals surface area contributed by atoms with Gasteiger partial charge >= 0.3 is 0 Å². The van der Waals surface area contributed by atoms with E-state index < -0.39 is 0 Å². The van der Waals surface area contributed by atoms with Crippen LogP contribution < -0.4 is 4.90 Å². The van der Waals surface area contributed by atoms with E-state index >= 15 is 0 Å². The minimum atomic E-state index is 0.0820. The first kappa shape index (κ1) is 20.3. The molecule has 1 aromatic heterocycles. The molecule has 0 bridgehead atoms. The molecule has 0 aliphatic carbocycles. The van der Waals surface area contributed by atoms with E-state index in [4.69, 9.17) is 5.11 Å². The Kier molecular flexibility index (Phi) is 7.43. The number of carbonyl (C=O) groups is 1. The number of carbonyl (C=O) groups excluding carboxylic acids is 1. The number of aromatic nitrogens is 1. The molecule has 1 aliphatic heterocycles. The summed E-state index contributed by atoms with van der Waals surface area (Å²) in [5, 5.41) is 8.94. The molecule has 28 heavy (non-hydrogen) atoms. The number of pyridine rings is 1. The van der Waals surface area contributed by atoms with Gasteiger partial charge in [-0.15, -0.1) is 0 Å². The van der Waals surface area contributed by atoms with E-state index in [1.165, 1.54) is 12.0 Å². The summed E-state index contributed by atoms with van der Waals surface area (Å²) in [6.07, 6.45) is 6.85. The van der Waals surface area contributed by atoms with Crippen LogP contribution in [0.3, 0.4) is 0 Å². The second kappa shape index (κ2) is 10.2. The number of rotatable bonds is 8. The maximum Gasteiger partial charge on any atom is 0.255 e. The predicted octanol–water partition coefficient (Wildman–Crippen LogP) is 3.39. The van der Waals surface area contributed by atoms with Crippen LogP contribution in [0, 0.1) is 5.92 Å². The van der Waals surface area contributed by atoms with Crippen LogP contribution in [0.2, 0.25) is 0 Å². The summed E-state index contributed by atoms with van der Waals surface area (Å²) in [4.78, 5) is 21.2. The maximum absolute atomic E-state index is 12.8. The van der Waals surface area contributed by atoms with Crippen molar-refractivity contribution in [3.8, 4) is 0 Å². The number of amides is 1. The summed E-state index contributed by atoms with van der Waals surface area (Å²) in [5.41, 5.74) is 2.05. The Morgan fingerprint density at radius 2 is 1.93 bits per heavy atom. The van der Waals surface area contributed by atoms with Gasteiger partial charge in [-0.2, -0.15) is 0 Å². The van der Waals surface area contributed by atoms with Crippen molar-refractivity contribution < 1.29 is 9.90 Å². The Hall–Kier alpha value is -2.40. The highest BCUT2D eigenvalue weighted by Crippen LogP contribution is 2.24. The fraction of sp³-hybridized carbons (Fsp3) is 0.478. The molecule has 2 aromatic rings. The van der Waals surface area contributed by atoms with Crippen LogP contribution in [0.5, 0.6) is 0 Å². The normalized spacial score (nSPS) is 14.9. The van der Waals surface area contributed by atoms with Gasteiger partial charge in [0.05, 0.1) is 5.56 Å². The summed E-state index contributed by atoms with van der Waals surface area (Å²) in [6.45, 7) is 2.57. The van der Waals surface area contributed by atoms with Gasteiger partial charge in [-0.1, -0.05) is 30.3 Å². The first-order valence-electron chi connectivity index (χ1n) is 10.3. The van der Waals surface area contributed by atoms with Gasteiger partial charge in [0.25, 0.3) is 5.91 Å². The van der Waals surface area contributed by atoms with Crippen molar-refractivity contribution in [2.45, 2.75) is 32.1 Å². The second-order valence-electron chi connectivity index (χ2n) is 7.66. The number of likely N-dealkylation sites (tertiary alicyclic amines) is 1. The molecule has 2 heterocycles. The highest BCUT2D eigenvalue weighted by atomic mass is 16.3. The topological polar surface area (TPSA) is 56.7 Å². The molecule has 1 aromatic carbocycles. The zero-order valence-corrected chi connectivity index (χ0v) is 16.8. The van der Waals surface area contributed by atoms with Crippen molar-refractivity contribution >= 4 is 11.7 Å². The molecule has 0 radical (unpaired) electrons. The molecule has 1 aliphatic rings. The lowest BCUT2D eigenvalue weighted by atomic mass is 9.90. The number of piperidine rings is 1. The quantitative estimate of drug-likeness (QED) is 0.762. The number of hydrogen-bond acceptors (Lipinski definition) is 4. The minimum Gasteiger partial charge on any atom is -0.396 e. The maximum atomic E-state index is 12.8. The van der Waals surface area contributed by atoms with Crippen molar-refractivity contribution in [1.82, 2.24) is 9.88 Å². The molecule has 1 saturated heterocycles. The lowest BCUT2D eigenvalue weighted by molar-refractivity contribution is 0.0686. The Bertz CT molecular complexity index is 725. The third-order valence-corrected chi connectivity index (χ3v) is 5.62. The highest BCUT2D eigenvalue weighted by molar-refractivity contribution is 5.94. The van der Waals surface area contributed by atoms with Crippen LogP contribution in [0.25, 0.3) is 0 Å². The van der Waals surface area contributed by atoms with Gasteiger partial charge in [-0.05, 0) is 55.7 Å². The average Bonchev–Trinajstić information content (AvgIpc) is 2.76. The first-order valence-corrected chi connectivity index (χ1v) is 10.3. The van der Waals surface area contributed by atoms with Gasteiger partial charge in [0.2, 0.25) is 0 Å². The van der Waals surface area contributed by atoms with E-state index in [0.29, 0.717) is 17.9 Å². The number of benzene rings is 1. The van der Waals surface area contributed by atoms with Gasteiger partial charge in [0, 0.05) is 39.5 Å². The van der Waals surface area contributed by atoms with E-state index in [1.54, 1.807) is 6.20 Å². The molecule has 1 N–H and O–H groups in total. The standard InChI is InChI=1S/C23H31N3O2/c1-25(14-5-17-27)22-11-10-21(18-24-22)23(28)26-15-12-20(13-16-26)9-8-19-6-3-2-4-7-19/h2-4,6-7,10-11,18,20,27H,5,8-9,12-17H2,1H3. The van der Waals surface area contributed by atoms with E-state index in [0.717, 1.165) is 44.7 Å². The largest absolute Gasteiger partial charge is 0.396 e. The molecule has 1 amide bonds. The van der Waals surface area contributed by atoms with Gasteiger partial charge in [-0.25, -0.2) is 4.98 Å². The Morgan fingerprint density at radius 1 is 1.18 bits per heavy atom. The van der Waals surface area contributed by atoms with Gasteiger partial charge in [-0.3, -0.25) is 4.79 Å². The van der Waals surface area contributed by atoms with Crippen molar-refractivity contribution in [2.24, 2.45) is 5.92 Å². The fourth-order valence-electron chi connectivity index (χ4n) is 3.78. The number of aryl methyl sites for hydroxylation is 1. The van der Waals surface area contributed by atoms with Crippen LogP contribution in [0.4, 0.5) is 5.82 Å². The number of nitrogens with zero attached hydrogens (tertiary/aromatic N) is 3. The summed E-state index contributed by atoms with van der Waals surface area (Å²) in [7, 11) is 1.94. The van der Waals surface area contributed by atoms with Gasteiger partial charge < -0.3 is 14.9 Å². The number of aliphatic hydroxyl groups is 1. The molecular formula is C23H31N3O2. The van der Waals surface area contributed by atoms with Crippen molar-refractivity contribution in [1.29, 1.82) is 0 Å². The van der Waals surface area contributed by atoms with Gasteiger partial charge in [0.15, 0.2) is 0 Å². The summed E-state index contributed by atoms with van der Waals surface area (Å²) < 4.78 is 0. The monoisotopic (exact) mass is 381 g/mol. The SMILES string of the molecule is CN(CCCO)c1ccc(C(=O)N2CCC(CCc3ccccc3)CC2)cn1. The van der Waals surface area contributed by atoms with E-state index in [9.17, 15) is 4.79 Å². The third-order valence-electron chi connectivity index (χ3n) is 5.62. The Balaban J connectivity index is 1.46. The third kappa shape index (κ3) is 5.55. The molecular weight excluding hydrogens is 350 g/mol. The molecule has 0 unspecified atom stereocenters. The summed E-state index contributed by atoms with van der Waals surface area (Å²) >= 11 is 0. The molecule has 5 heteroatoms. The lowest BCUT2D eigenvalue weighted by Gasteiger charge is -2.32. The average molecular weight is 382 g/mol. The zero-order chi connectivity index (χ0) is 19.8. The molecule has 150 valence electrons. The smallest absolute Gasteiger partial charge is 0.255 e. The fourth-order valence-corrected chi connectivity index (χ4v) is 3.78. The predicted molar refractivity (Wildman–Crippen MR) is 113 cm³/mol. The van der Waals surface area contributed by atoms with Gasteiger partial charge in [0.1, 0.15) is 5.82 Å². The molecule has 5 nitrogen and oxygen atoms in total. The Labute approximate surface area is 168 Å². The molecule has 3 rings (SSSR count). The van der Waals surface area contributed by atoms with E-state index in [1.807, 2.05) is 29.0 Å². The molecule has 1 fully saturated rings. The minimum absolute atomic E-state index is 0.0820.